The van der Waals surface area contributed by atoms with Crippen molar-refractivity contribution in [2.45, 2.75) is 11.3 Å². The number of benzene rings is 1. The first-order valence-corrected chi connectivity index (χ1v) is 8.17. The molecule has 0 fully saturated rings. The summed E-state index contributed by atoms with van der Waals surface area (Å²) in [4.78, 5) is 17.2. The maximum absolute atomic E-state index is 11.8. The van der Waals surface area contributed by atoms with E-state index < -0.39 is 0 Å². The number of nitrogens with zero attached hydrogens (tertiary/aromatic N) is 2. The van der Waals surface area contributed by atoms with Gasteiger partial charge in [-0.25, -0.2) is 4.79 Å². The van der Waals surface area contributed by atoms with E-state index in [2.05, 4.69) is 19.0 Å². The molecule has 4 nitrogen and oxygen atoms in total. The fourth-order valence-electron chi connectivity index (χ4n) is 1.66. The fourth-order valence-corrected chi connectivity index (χ4v) is 2.50. The van der Waals surface area contributed by atoms with Gasteiger partial charge in [-0.2, -0.15) is 0 Å². The highest BCUT2D eigenvalue weighted by molar-refractivity contribution is 7.99. The molecule has 0 heterocycles. The Labute approximate surface area is 132 Å². The van der Waals surface area contributed by atoms with Crippen molar-refractivity contribution in [2.24, 2.45) is 0 Å². The van der Waals surface area contributed by atoms with Gasteiger partial charge >= 0.3 is 5.97 Å². The van der Waals surface area contributed by atoms with Gasteiger partial charge < -0.3 is 14.5 Å². The van der Waals surface area contributed by atoms with E-state index in [4.69, 9.17) is 4.74 Å². The predicted molar refractivity (Wildman–Crippen MR) is 89.2 cm³/mol. The number of esters is 1. The van der Waals surface area contributed by atoms with Crippen LogP contribution in [0.3, 0.4) is 0 Å². The van der Waals surface area contributed by atoms with Crippen molar-refractivity contribution in [3.8, 4) is 0 Å². The molecule has 21 heavy (non-hydrogen) atoms. The van der Waals surface area contributed by atoms with Crippen LogP contribution in [0.4, 0.5) is 0 Å². The monoisotopic (exact) mass is 310 g/mol. The summed E-state index contributed by atoms with van der Waals surface area (Å²) in [5.74, 6) is 0.839. The van der Waals surface area contributed by atoms with Gasteiger partial charge in [-0.15, -0.1) is 11.8 Å². The van der Waals surface area contributed by atoms with Gasteiger partial charge in [-0.05, 0) is 71.2 Å². The molecule has 0 amide bonds. The van der Waals surface area contributed by atoms with Gasteiger partial charge in [0.15, 0.2) is 0 Å². The predicted octanol–water partition coefficient (Wildman–Crippen LogP) is 2.45. The van der Waals surface area contributed by atoms with Gasteiger partial charge in [-0.3, -0.25) is 0 Å². The Morgan fingerprint density at radius 1 is 1.05 bits per heavy atom. The lowest BCUT2D eigenvalue weighted by molar-refractivity contribution is 0.0482. The van der Waals surface area contributed by atoms with E-state index in [0.717, 1.165) is 25.3 Å². The van der Waals surface area contributed by atoms with E-state index >= 15 is 0 Å². The van der Waals surface area contributed by atoms with Crippen LogP contribution in [0, 0.1) is 0 Å². The number of thioether (sulfide) groups is 1. The number of rotatable bonds is 9. The quantitative estimate of drug-likeness (QED) is 0.397. The molecule has 0 atom stereocenters. The SMILES string of the molecule is CN(C)CCCSc1ccc(C(=O)OCCN(C)C)cc1. The van der Waals surface area contributed by atoms with Crippen LogP contribution in [0.2, 0.25) is 0 Å². The van der Waals surface area contributed by atoms with Crippen molar-refractivity contribution in [1.82, 2.24) is 9.80 Å². The maximum Gasteiger partial charge on any atom is 0.338 e. The Kier molecular flexibility index (Phi) is 8.42. The Bertz CT molecular complexity index is 419. The van der Waals surface area contributed by atoms with Crippen LogP contribution >= 0.6 is 11.8 Å². The standard InChI is InChI=1S/C16H26N2O2S/c1-17(2)10-5-13-21-15-8-6-14(7-9-15)16(19)20-12-11-18(3)4/h6-9H,5,10-13H2,1-4H3. The summed E-state index contributed by atoms with van der Waals surface area (Å²) >= 11 is 1.82. The van der Waals surface area contributed by atoms with E-state index in [1.54, 1.807) is 0 Å². The van der Waals surface area contributed by atoms with E-state index in [-0.39, 0.29) is 5.97 Å². The molecule has 0 unspecified atom stereocenters. The van der Waals surface area contributed by atoms with Gasteiger partial charge in [-0.1, -0.05) is 0 Å². The molecule has 0 aliphatic carbocycles. The largest absolute Gasteiger partial charge is 0.461 e. The van der Waals surface area contributed by atoms with Crippen molar-refractivity contribution < 1.29 is 9.53 Å². The molecule has 1 aromatic rings. The summed E-state index contributed by atoms with van der Waals surface area (Å²) in [5.41, 5.74) is 0.617. The van der Waals surface area contributed by atoms with Crippen LogP contribution in [-0.4, -0.2) is 69.4 Å². The Morgan fingerprint density at radius 2 is 1.67 bits per heavy atom. The van der Waals surface area contributed by atoms with E-state index in [0.29, 0.717) is 12.2 Å². The highest BCUT2D eigenvalue weighted by Gasteiger charge is 2.07. The molecule has 0 aliphatic heterocycles. The maximum atomic E-state index is 11.8. The average molecular weight is 310 g/mol. The molecule has 0 spiro atoms. The number of carbonyl (C=O) groups excluding carboxylic acids is 1. The second-order valence-corrected chi connectivity index (χ2v) is 6.64. The molecule has 1 aromatic carbocycles. The van der Waals surface area contributed by atoms with Crippen molar-refractivity contribution in [3.63, 3.8) is 0 Å². The highest BCUT2D eigenvalue weighted by Crippen LogP contribution is 2.19. The Balaban J connectivity index is 2.34. The van der Waals surface area contributed by atoms with Gasteiger partial charge in [0.25, 0.3) is 0 Å². The molecule has 5 heteroatoms. The van der Waals surface area contributed by atoms with Crippen LogP contribution in [0.25, 0.3) is 0 Å². The molecule has 118 valence electrons. The summed E-state index contributed by atoms with van der Waals surface area (Å²) in [7, 11) is 8.08. The topological polar surface area (TPSA) is 32.8 Å². The molecular formula is C16H26N2O2S. The Hall–Kier alpha value is -1.04. The van der Waals surface area contributed by atoms with Gasteiger partial charge in [0, 0.05) is 11.4 Å². The minimum Gasteiger partial charge on any atom is -0.461 e. The van der Waals surface area contributed by atoms with Crippen LogP contribution in [-0.2, 0) is 4.74 Å². The second-order valence-electron chi connectivity index (χ2n) is 5.47. The highest BCUT2D eigenvalue weighted by atomic mass is 32.2. The van der Waals surface area contributed by atoms with Crippen molar-refractivity contribution in [2.75, 3.05) is 53.6 Å². The number of carbonyl (C=O) groups is 1. The number of ether oxygens (including phenoxy) is 1. The molecule has 0 N–H and O–H groups in total. The minimum atomic E-state index is -0.249. The lowest BCUT2D eigenvalue weighted by Gasteiger charge is -2.10. The normalized spacial score (nSPS) is 11.1. The molecule has 0 aromatic heterocycles. The zero-order chi connectivity index (χ0) is 15.7. The van der Waals surface area contributed by atoms with Crippen LogP contribution in [0.15, 0.2) is 29.2 Å². The Morgan fingerprint density at radius 3 is 2.24 bits per heavy atom. The molecular weight excluding hydrogens is 284 g/mol. The third kappa shape index (κ3) is 8.09. The molecule has 0 radical (unpaired) electrons. The second kappa shape index (κ2) is 9.82. The van der Waals surface area contributed by atoms with Gasteiger partial charge in [0.1, 0.15) is 6.61 Å². The molecule has 0 aliphatic rings. The lowest BCUT2D eigenvalue weighted by Crippen LogP contribution is -2.20. The van der Waals surface area contributed by atoms with Gasteiger partial charge in [0.05, 0.1) is 5.56 Å². The summed E-state index contributed by atoms with van der Waals surface area (Å²) in [6, 6.07) is 7.66. The summed E-state index contributed by atoms with van der Waals surface area (Å²) in [5, 5.41) is 0. The molecule has 0 bridgehead atoms. The van der Waals surface area contributed by atoms with Crippen molar-refractivity contribution in [3.05, 3.63) is 29.8 Å². The molecule has 0 saturated carbocycles. The van der Waals surface area contributed by atoms with Crippen LogP contribution < -0.4 is 0 Å². The first-order chi connectivity index (χ1) is 9.99. The number of hydrogen-bond acceptors (Lipinski definition) is 5. The van der Waals surface area contributed by atoms with Crippen LogP contribution in [0.5, 0.6) is 0 Å². The van der Waals surface area contributed by atoms with E-state index in [1.165, 1.54) is 4.90 Å². The third-order valence-corrected chi connectivity index (χ3v) is 3.98. The van der Waals surface area contributed by atoms with Crippen molar-refractivity contribution >= 4 is 17.7 Å². The zero-order valence-corrected chi connectivity index (χ0v) is 14.3. The smallest absolute Gasteiger partial charge is 0.338 e. The third-order valence-electron chi connectivity index (χ3n) is 2.88. The zero-order valence-electron chi connectivity index (χ0n) is 13.5. The summed E-state index contributed by atoms with van der Waals surface area (Å²) < 4.78 is 5.21. The van der Waals surface area contributed by atoms with Crippen LogP contribution in [0.1, 0.15) is 16.8 Å². The average Bonchev–Trinajstić information content (AvgIpc) is 2.43. The first-order valence-electron chi connectivity index (χ1n) is 7.18. The van der Waals surface area contributed by atoms with Crippen molar-refractivity contribution in [1.29, 1.82) is 0 Å². The molecule has 0 saturated heterocycles. The number of hydrogen-bond donors (Lipinski definition) is 0. The van der Waals surface area contributed by atoms with E-state index in [9.17, 15) is 4.79 Å². The lowest BCUT2D eigenvalue weighted by atomic mass is 10.2. The summed E-state index contributed by atoms with van der Waals surface area (Å²) in [6.07, 6.45) is 1.16. The first kappa shape index (κ1) is 18.0. The van der Waals surface area contributed by atoms with E-state index in [1.807, 2.05) is 55.0 Å². The fraction of sp³-hybridized carbons (Fsp3) is 0.562. The van der Waals surface area contributed by atoms with Gasteiger partial charge in [0.2, 0.25) is 0 Å². The number of likely N-dealkylation sites (N-methyl/N-ethyl adjacent to an activating group) is 1. The molecule has 1 rings (SSSR count). The summed E-state index contributed by atoms with van der Waals surface area (Å²) in [6.45, 7) is 2.27. The minimum absolute atomic E-state index is 0.249.